The Hall–Kier alpha value is -0.650. The van der Waals surface area contributed by atoms with E-state index in [0.29, 0.717) is 26.4 Å². The minimum atomic E-state index is -0.189. The Morgan fingerprint density at radius 1 is 1.71 bits per heavy atom. The van der Waals surface area contributed by atoms with Crippen molar-refractivity contribution in [2.24, 2.45) is 0 Å². The molecule has 0 saturated carbocycles. The van der Waals surface area contributed by atoms with Crippen LogP contribution in [0.1, 0.15) is 6.42 Å². The number of ether oxygens (including phenoxy) is 2. The first kappa shape index (κ1) is 11.4. The van der Waals surface area contributed by atoms with Gasteiger partial charge in [0.15, 0.2) is 0 Å². The number of hydrogen-bond acceptors (Lipinski definition) is 4. The maximum absolute atomic E-state index is 11.5. The molecule has 0 bridgehead atoms. The van der Waals surface area contributed by atoms with E-state index in [1.807, 2.05) is 0 Å². The highest BCUT2D eigenvalue weighted by atomic mass is 16.5. The summed E-state index contributed by atoms with van der Waals surface area (Å²) in [7, 11) is 1.65. The van der Waals surface area contributed by atoms with Gasteiger partial charge >= 0.3 is 0 Å². The molecule has 0 unspecified atom stereocenters. The molecule has 0 aromatic carbocycles. The second kappa shape index (κ2) is 6.75. The maximum Gasteiger partial charge on any atom is 0.239 e. The molecule has 1 atom stereocenters. The second-order valence-corrected chi connectivity index (χ2v) is 3.22. The average molecular weight is 202 g/mol. The van der Waals surface area contributed by atoms with Gasteiger partial charge in [0.1, 0.15) is 6.04 Å². The lowest BCUT2D eigenvalue weighted by Crippen LogP contribution is -2.51. The zero-order chi connectivity index (χ0) is 10.2. The molecular formula is C9H18N2O3. The van der Waals surface area contributed by atoms with Crippen molar-refractivity contribution in [1.82, 2.24) is 10.6 Å². The Labute approximate surface area is 84.1 Å². The van der Waals surface area contributed by atoms with Gasteiger partial charge in [-0.2, -0.15) is 0 Å². The third kappa shape index (κ3) is 4.04. The molecule has 1 aliphatic rings. The first-order chi connectivity index (χ1) is 6.84. The summed E-state index contributed by atoms with van der Waals surface area (Å²) in [6.07, 6.45) is 0.843. The minimum Gasteiger partial charge on any atom is -0.385 e. The Bertz CT molecular complexity index is 169. The molecule has 1 fully saturated rings. The fourth-order valence-corrected chi connectivity index (χ4v) is 1.29. The first-order valence-corrected chi connectivity index (χ1v) is 4.92. The number of hydrogen-bond donors (Lipinski definition) is 2. The van der Waals surface area contributed by atoms with E-state index in [1.54, 1.807) is 7.11 Å². The normalized spacial score (nSPS) is 21.9. The van der Waals surface area contributed by atoms with Gasteiger partial charge in [0.2, 0.25) is 5.91 Å². The molecule has 0 aliphatic carbocycles. The highest BCUT2D eigenvalue weighted by Crippen LogP contribution is 1.92. The number of methoxy groups -OCH3 is 1. The molecule has 14 heavy (non-hydrogen) atoms. The molecule has 0 radical (unpaired) electrons. The van der Waals surface area contributed by atoms with Gasteiger partial charge < -0.3 is 20.1 Å². The summed E-state index contributed by atoms with van der Waals surface area (Å²) in [6.45, 7) is 3.24. The topological polar surface area (TPSA) is 59.6 Å². The van der Waals surface area contributed by atoms with Crippen molar-refractivity contribution in [2.75, 3.05) is 40.0 Å². The van der Waals surface area contributed by atoms with Crippen molar-refractivity contribution in [3.05, 3.63) is 0 Å². The lowest BCUT2D eigenvalue weighted by molar-refractivity contribution is -0.125. The van der Waals surface area contributed by atoms with Crippen LogP contribution in [0.4, 0.5) is 0 Å². The van der Waals surface area contributed by atoms with Crippen molar-refractivity contribution in [3.63, 3.8) is 0 Å². The number of carbonyl (C=O) groups is 1. The number of carbonyl (C=O) groups excluding carboxylic acids is 1. The van der Waals surface area contributed by atoms with Gasteiger partial charge in [-0.05, 0) is 6.42 Å². The van der Waals surface area contributed by atoms with Crippen molar-refractivity contribution in [1.29, 1.82) is 0 Å². The Kier molecular flexibility index (Phi) is 5.51. The van der Waals surface area contributed by atoms with Crippen molar-refractivity contribution in [2.45, 2.75) is 12.5 Å². The van der Waals surface area contributed by atoms with Crippen LogP contribution in [0.3, 0.4) is 0 Å². The van der Waals surface area contributed by atoms with E-state index >= 15 is 0 Å². The lowest BCUT2D eigenvalue weighted by Gasteiger charge is -2.22. The summed E-state index contributed by atoms with van der Waals surface area (Å²) >= 11 is 0. The minimum absolute atomic E-state index is 0.0146. The summed E-state index contributed by atoms with van der Waals surface area (Å²) in [5.41, 5.74) is 0. The highest BCUT2D eigenvalue weighted by molar-refractivity contribution is 5.81. The van der Waals surface area contributed by atoms with E-state index in [4.69, 9.17) is 9.47 Å². The van der Waals surface area contributed by atoms with Crippen molar-refractivity contribution >= 4 is 5.91 Å². The molecule has 5 nitrogen and oxygen atoms in total. The van der Waals surface area contributed by atoms with E-state index < -0.39 is 0 Å². The second-order valence-electron chi connectivity index (χ2n) is 3.22. The summed E-state index contributed by atoms with van der Waals surface area (Å²) in [5, 5.41) is 5.92. The third-order valence-electron chi connectivity index (χ3n) is 2.06. The monoisotopic (exact) mass is 202 g/mol. The lowest BCUT2D eigenvalue weighted by atomic mass is 10.2. The van der Waals surface area contributed by atoms with Crippen LogP contribution in [0.25, 0.3) is 0 Å². The predicted molar refractivity (Wildman–Crippen MR) is 52.1 cm³/mol. The molecular weight excluding hydrogens is 184 g/mol. The zero-order valence-electron chi connectivity index (χ0n) is 8.54. The van der Waals surface area contributed by atoms with Crippen LogP contribution >= 0.6 is 0 Å². The van der Waals surface area contributed by atoms with E-state index in [1.165, 1.54) is 0 Å². The maximum atomic E-state index is 11.5. The number of nitrogens with one attached hydrogen (secondary N) is 2. The van der Waals surface area contributed by atoms with Gasteiger partial charge in [-0.1, -0.05) is 0 Å². The van der Waals surface area contributed by atoms with Gasteiger partial charge in [-0.3, -0.25) is 4.79 Å². The summed E-state index contributed by atoms with van der Waals surface area (Å²) in [4.78, 5) is 11.5. The van der Waals surface area contributed by atoms with Crippen molar-refractivity contribution < 1.29 is 14.3 Å². The van der Waals surface area contributed by atoms with E-state index in [2.05, 4.69) is 10.6 Å². The van der Waals surface area contributed by atoms with Crippen LogP contribution in [0.5, 0.6) is 0 Å². The Balaban J connectivity index is 2.07. The van der Waals surface area contributed by atoms with Gasteiger partial charge in [-0.25, -0.2) is 0 Å². The van der Waals surface area contributed by atoms with E-state index in [9.17, 15) is 4.79 Å². The average Bonchev–Trinajstić information content (AvgIpc) is 2.25. The molecule has 1 amide bonds. The summed E-state index contributed by atoms with van der Waals surface area (Å²) < 4.78 is 10.1. The Morgan fingerprint density at radius 2 is 2.57 bits per heavy atom. The SMILES string of the molecule is COCCCNC(=O)[C@H]1COCCN1. The molecule has 82 valence electrons. The van der Waals surface area contributed by atoms with Crippen LogP contribution in [-0.4, -0.2) is 52.0 Å². The van der Waals surface area contributed by atoms with Crippen LogP contribution < -0.4 is 10.6 Å². The van der Waals surface area contributed by atoms with Gasteiger partial charge in [-0.15, -0.1) is 0 Å². The molecule has 2 N–H and O–H groups in total. The molecule has 1 saturated heterocycles. The van der Waals surface area contributed by atoms with Gasteiger partial charge in [0, 0.05) is 26.8 Å². The smallest absolute Gasteiger partial charge is 0.239 e. The van der Waals surface area contributed by atoms with Gasteiger partial charge in [0.25, 0.3) is 0 Å². The fraction of sp³-hybridized carbons (Fsp3) is 0.889. The predicted octanol–water partition coefficient (Wildman–Crippen LogP) is -0.872. The van der Waals surface area contributed by atoms with Crippen LogP contribution in [-0.2, 0) is 14.3 Å². The number of amides is 1. The largest absolute Gasteiger partial charge is 0.385 e. The third-order valence-corrected chi connectivity index (χ3v) is 2.06. The number of rotatable bonds is 5. The van der Waals surface area contributed by atoms with E-state index in [-0.39, 0.29) is 11.9 Å². The molecule has 0 aromatic heterocycles. The fourth-order valence-electron chi connectivity index (χ4n) is 1.29. The molecule has 0 spiro atoms. The molecule has 5 heteroatoms. The van der Waals surface area contributed by atoms with Crippen LogP contribution in [0, 0.1) is 0 Å². The first-order valence-electron chi connectivity index (χ1n) is 4.92. The standard InChI is InChI=1S/C9H18N2O3/c1-13-5-2-3-11-9(12)8-7-14-6-4-10-8/h8,10H,2-7H2,1H3,(H,11,12)/t8-/m1/s1. The van der Waals surface area contributed by atoms with Gasteiger partial charge in [0.05, 0.1) is 13.2 Å². The highest BCUT2D eigenvalue weighted by Gasteiger charge is 2.20. The Morgan fingerprint density at radius 3 is 3.21 bits per heavy atom. The van der Waals surface area contributed by atoms with Crippen LogP contribution in [0.15, 0.2) is 0 Å². The van der Waals surface area contributed by atoms with E-state index in [0.717, 1.165) is 13.0 Å². The molecule has 0 aromatic rings. The molecule has 1 rings (SSSR count). The quantitative estimate of drug-likeness (QED) is 0.569. The molecule has 1 heterocycles. The summed E-state index contributed by atoms with van der Waals surface area (Å²) in [6, 6.07) is -0.189. The number of morpholine rings is 1. The van der Waals surface area contributed by atoms with Crippen molar-refractivity contribution in [3.8, 4) is 0 Å². The van der Waals surface area contributed by atoms with Crippen LogP contribution in [0.2, 0.25) is 0 Å². The zero-order valence-corrected chi connectivity index (χ0v) is 8.54. The summed E-state index contributed by atoms with van der Waals surface area (Å²) in [5.74, 6) is 0.0146. The molecule has 1 aliphatic heterocycles.